The molecule has 3 fully saturated rings. The number of nitrogens with zero attached hydrogens (tertiary/aromatic N) is 2. The maximum atomic E-state index is 13.9. The van der Waals surface area contributed by atoms with E-state index in [0.29, 0.717) is 49.1 Å². The van der Waals surface area contributed by atoms with Crippen LogP contribution in [0.3, 0.4) is 0 Å². The van der Waals surface area contributed by atoms with Crippen LogP contribution in [0, 0.1) is 22.7 Å². The number of amides is 6. The van der Waals surface area contributed by atoms with Crippen molar-refractivity contribution >= 4 is 47.2 Å². The number of ether oxygens (including phenoxy) is 2. The summed E-state index contributed by atoms with van der Waals surface area (Å²) in [6.45, 7) is 16.6. The van der Waals surface area contributed by atoms with E-state index >= 15 is 0 Å². The molecule has 2 bridgehead atoms. The second-order valence-corrected chi connectivity index (χ2v) is 21.5. The Hall–Kier alpha value is -5.92. The fourth-order valence-corrected chi connectivity index (χ4v) is 11.1. The minimum absolute atomic E-state index is 0.139. The number of fused-ring (bicyclic) bond motifs is 2. The Morgan fingerprint density at radius 3 is 1.46 bits per heavy atom. The molecule has 67 heavy (non-hydrogen) atoms. The molecule has 3 aromatic rings. The molecule has 0 aromatic heterocycles. The van der Waals surface area contributed by atoms with Crippen molar-refractivity contribution in [2.75, 3.05) is 37.9 Å². The second kappa shape index (κ2) is 19.7. The van der Waals surface area contributed by atoms with Crippen molar-refractivity contribution in [3.63, 3.8) is 0 Å². The van der Waals surface area contributed by atoms with Crippen LogP contribution in [-0.2, 0) is 28.7 Å². The first-order chi connectivity index (χ1) is 31.7. The van der Waals surface area contributed by atoms with Crippen LogP contribution in [0.1, 0.15) is 123 Å². The van der Waals surface area contributed by atoms with Crippen molar-refractivity contribution in [3.8, 4) is 22.3 Å². The Balaban J connectivity index is 1.05. The maximum absolute atomic E-state index is 13.9. The van der Waals surface area contributed by atoms with Crippen molar-refractivity contribution in [2.24, 2.45) is 22.7 Å². The van der Waals surface area contributed by atoms with Gasteiger partial charge in [0, 0.05) is 36.9 Å². The molecule has 2 heterocycles. The quantitative estimate of drug-likeness (QED) is 0.131. The third kappa shape index (κ3) is 10.8. The highest BCUT2D eigenvalue weighted by molar-refractivity contribution is 5.99. The molecule has 6 amide bonds. The average molecular weight is 919 g/mol. The van der Waals surface area contributed by atoms with Crippen molar-refractivity contribution in [1.29, 1.82) is 0 Å². The van der Waals surface area contributed by atoms with Gasteiger partial charge in [0.05, 0.1) is 14.2 Å². The number of benzene rings is 3. The predicted molar refractivity (Wildman–Crippen MR) is 259 cm³/mol. The van der Waals surface area contributed by atoms with Gasteiger partial charge in [-0.2, -0.15) is 0 Å². The molecule has 3 aliphatic carbocycles. The minimum atomic E-state index is -0.827. The molecular weight excluding hydrogens is 849 g/mol. The van der Waals surface area contributed by atoms with Crippen LogP contribution in [0.15, 0.2) is 60.7 Å². The van der Waals surface area contributed by atoms with E-state index in [1.807, 2.05) is 65.8 Å². The fourth-order valence-electron chi connectivity index (χ4n) is 11.1. The van der Waals surface area contributed by atoms with E-state index in [-0.39, 0.29) is 58.8 Å². The van der Waals surface area contributed by atoms with Crippen LogP contribution in [0.4, 0.5) is 21.0 Å². The summed E-state index contributed by atoms with van der Waals surface area (Å²) in [5.74, 6) is -0.431. The Morgan fingerprint density at radius 2 is 1.01 bits per heavy atom. The van der Waals surface area contributed by atoms with Crippen LogP contribution < -0.4 is 21.3 Å². The number of nitrogens with one attached hydrogen (secondary N) is 4. The number of carbonyl (C=O) groups excluding carboxylic acids is 6. The van der Waals surface area contributed by atoms with Gasteiger partial charge in [0.15, 0.2) is 0 Å². The van der Waals surface area contributed by atoms with E-state index in [4.69, 9.17) is 9.47 Å². The first-order valence-corrected chi connectivity index (χ1v) is 24.0. The lowest BCUT2D eigenvalue weighted by Gasteiger charge is -2.41. The molecule has 14 heteroatoms. The normalized spacial score (nSPS) is 22.1. The van der Waals surface area contributed by atoms with Crippen molar-refractivity contribution in [1.82, 2.24) is 20.4 Å². The standard InChI is InChI=1S/C53H70N6O8/c1-30(2)45(56-50(64)66-9)48(62)58-28-52(5,6)26-38(58)25-42(60)54-36-19-15-32(16-20-36)39-23-24-40(44-35-13-11-34(12-14-35)43(39)44)33-17-21-37(22-18-33)55-47(61)41-27-53(7,8)29-59(41)49(63)46(31(3)4)57-51(65)67-10/h15-24,30-31,34-35,38,41,45-46H,11-14,25-29H2,1-10H3,(H,54,60)(H,55,61)(H,56,64)(H,57,65)/t34?,35?,38-,41-,45-,46-/m1/s1. The summed E-state index contributed by atoms with van der Waals surface area (Å²) in [7, 11) is 2.53. The van der Waals surface area contributed by atoms with Gasteiger partial charge in [-0.15, -0.1) is 0 Å². The Bertz CT molecular complexity index is 2350. The smallest absolute Gasteiger partial charge is 0.407 e. The van der Waals surface area contributed by atoms with Gasteiger partial charge in [0.1, 0.15) is 18.1 Å². The summed E-state index contributed by atoms with van der Waals surface area (Å²) >= 11 is 0. The molecule has 2 saturated heterocycles. The summed E-state index contributed by atoms with van der Waals surface area (Å²) in [5, 5.41) is 11.5. The molecule has 4 atom stereocenters. The number of methoxy groups -OCH3 is 2. The Morgan fingerprint density at radius 1 is 0.597 bits per heavy atom. The van der Waals surface area contributed by atoms with Crippen molar-refractivity contribution in [3.05, 3.63) is 71.8 Å². The van der Waals surface area contributed by atoms with E-state index in [1.165, 1.54) is 36.5 Å². The van der Waals surface area contributed by atoms with E-state index in [2.05, 4.69) is 71.5 Å². The largest absolute Gasteiger partial charge is 0.453 e. The van der Waals surface area contributed by atoms with Crippen molar-refractivity contribution < 1.29 is 38.2 Å². The summed E-state index contributed by atoms with van der Waals surface area (Å²) in [6.07, 6.45) is 4.53. The van der Waals surface area contributed by atoms with E-state index in [9.17, 15) is 28.8 Å². The highest BCUT2D eigenvalue weighted by atomic mass is 16.5. The van der Waals surface area contributed by atoms with Gasteiger partial charge in [-0.05, 0) is 131 Å². The number of rotatable bonds is 13. The number of anilines is 2. The number of carbonyl (C=O) groups is 6. The summed E-state index contributed by atoms with van der Waals surface area (Å²) in [5.41, 5.74) is 8.22. The molecule has 0 spiro atoms. The van der Waals surface area contributed by atoms with Gasteiger partial charge in [0.25, 0.3) is 0 Å². The SMILES string of the molecule is COC(=O)N[C@@H](C(=O)N1CC(C)(C)C[C@H]1CC(=O)Nc1ccc(-c2ccc(-c3ccc(NC(=O)[C@H]4CC(C)(C)CN4C(=O)[C@H](NC(=O)OC)C(C)C)cc3)c3c2C2CCC3CC2)cc1)C(C)C. The summed E-state index contributed by atoms with van der Waals surface area (Å²) in [4.78, 5) is 82.6. The van der Waals surface area contributed by atoms with Crippen LogP contribution in [-0.4, -0.2) is 97.1 Å². The topological polar surface area (TPSA) is 175 Å². The third-order valence-corrected chi connectivity index (χ3v) is 14.4. The molecule has 0 radical (unpaired) electrons. The van der Waals surface area contributed by atoms with E-state index in [0.717, 1.165) is 36.8 Å². The van der Waals surface area contributed by atoms with E-state index in [1.54, 1.807) is 9.80 Å². The van der Waals surface area contributed by atoms with Crippen molar-refractivity contribution in [2.45, 2.75) is 136 Å². The maximum Gasteiger partial charge on any atom is 0.407 e. The lowest BCUT2D eigenvalue weighted by Crippen LogP contribution is -2.54. The Kier molecular flexibility index (Phi) is 14.4. The zero-order valence-corrected chi connectivity index (χ0v) is 40.9. The highest BCUT2D eigenvalue weighted by Crippen LogP contribution is 2.55. The van der Waals surface area contributed by atoms with Crippen LogP contribution in [0.2, 0.25) is 0 Å². The van der Waals surface area contributed by atoms with E-state index < -0.39 is 30.3 Å². The molecule has 14 nitrogen and oxygen atoms in total. The summed E-state index contributed by atoms with van der Waals surface area (Å²) < 4.78 is 9.56. The van der Waals surface area contributed by atoms with Crippen LogP contribution in [0.5, 0.6) is 0 Å². The lowest BCUT2D eigenvalue weighted by atomic mass is 9.63. The molecule has 4 N–H and O–H groups in total. The number of hydrogen-bond acceptors (Lipinski definition) is 8. The number of alkyl carbamates (subject to hydrolysis) is 2. The molecule has 2 aliphatic heterocycles. The molecular formula is C53H70N6O8. The third-order valence-electron chi connectivity index (χ3n) is 14.4. The molecule has 0 unspecified atom stereocenters. The number of hydrogen-bond donors (Lipinski definition) is 4. The van der Waals surface area contributed by atoms with Gasteiger partial charge in [-0.3, -0.25) is 19.2 Å². The zero-order valence-electron chi connectivity index (χ0n) is 40.9. The number of likely N-dealkylation sites (tertiary alicyclic amines) is 2. The predicted octanol–water partition coefficient (Wildman–Crippen LogP) is 9.06. The molecule has 1 saturated carbocycles. The summed E-state index contributed by atoms with van der Waals surface area (Å²) in [6, 6.07) is 17.9. The zero-order chi connectivity index (χ0) is 48.5. The van der Waals surface area contributed by atoms with Gasteiger partial charge in [-0.1, -0.05) is 91.8 Å². The molecule has 5 aliphatic rings. The van der Waals surface area contributed by atoms with Gasteiger partial charge < -0.3 is 40.5 Å². The first-order valence-electron chi connectivity index (χ1n) is 24.0. The van der Waals surface area contributed by atoms with Gasteiger partial charge in [0.2, 0.25) is 23.6 Å². The average Bonchev–Trinajstić information content (AvgIpc) is 3.80. The molecule has 8 rings (SSSR count). The first kappa shape index (κ1) is 49.0. The van der Waals surface area contributed by atoms with Crippen LogP contribution in [0.25, 0.3) is 22.3 Å². The Labute approximate surface area is 395 Å². The second-order valence-electron chi connectivity index (χ2n) is 21.5. The highest BCUT2D eigenvalue weighted by Gasteiger charge is 2.47. The van der Waals surface area contributed by atoms with Gasteiger partial charge in [-0.25, -0.2) is 9.59 Å². The molecule has 360 valence electrons. The monoisotopic (exact) mass is 919 g/mol. The van der Waals surface area contributed by atoms with Gasteiger partial charge >= 0.3 is 12.2 Å². The van der Waals surface area contributed by atoms with Crippen LogP contribution >= 0.6 is 0 Å². The fraction of sp³-hybridized carbons (Fsp3) is 0.547. The lowest BCUT2D eigenvalue weighted by molar-refractivity contribution is -0.139. The molecule has 3 aromatic carbocycles. The minimum Gasteiger partial charge on any atom is -0.453 e.